The number of carbonyl (C=O) groups excluding carboxylic acids is 2. The molecule has 21 heavy (non-hydrogen) atoms. The molecule has 0 rings (SSSR count). The lowest BCUT2D eigenvalue weighted by Crippen LogP contribution is -2.46. The summed E-state index contributed by atoms with van der Waals surface area (Å²) in [7, 11) is 0. The molecule has 0 aliphatic heterocycles. The lowest BCUT2D eigenvalue weighted by atomic mass is 9.99. The third-order valence-corrected chi connectivity index (χ3v) is 3.31. The van der Waals surface area contributed by atoms with Gasteiger partial charge in [-0.1, -0.05) is 59.1 Å². The molecule has 2 atom stereocenters. The van der Waals surface area contributed by atoms with E-state index >= 15 is 0 Å². The molecule has 1 unspecified atom stereocenters. The second-order valence-electron chi connectivity index (χ2n) is 5.12. The number of rotatable bonds is 11. The summed E-state index contributed by atoms with van der Waals surface area (Å²) in [4.78, 5) is 23.6. The average Bonchev–Trinajstić information content (AvgIpc) is 2.49. The molecule has 1 amide bonds. The van der Waals surface area contributed by atoms with Crippen molar-refractivity contribution in [3.8, 4) is 0 Å². The number of carbonyl (C=O) groups is 2. The fourth-order valence-electron chi connectivity index (χ4n) is 1.76. The van der Waals surface area contributed by atoms with E-state index in [9.17, 15) is 9.59 Å². The molecule has 0 aliphatic carbocycles. The molecule has 5 heteroatoms. The van der Waals surface area contributed by atoms with Gasteiger partial charge in [-0.2, -0.15) is 0 Å². The molecule has 1 N–H and O–H groups in total. The Balaban J connectivity index is 4.29. The van der Waals surface area contributed by atoms with Gasteiger partial charge in [-0.15, -0.1) is 0 Å². The third kappa shape index (κ3) is 9.10. The number of hydrogen-bond donors (Lipinski definition) is 1. The van der Waals surface area contributed by atoms with Crippen molar-refractivity contribution in [2.75, 3.05) is 13.2 Å². The van der Waals surface area contributed by atoms with E-state index in [4.69, 9.17) is 9.47 Å². The van der Waals surface area contributed by atoms with Crippen LogP contribution < -0.4 is 5.32 Å². The van der Waals surface area contributed by atoms with Crippen molar-refractivity contribution < 1.29 is 19.1 Å². The van der Waals surface area contributed by atoms with Crippen molar-refractivity contribution in [1.29, 1.82) is 0 Å². The number of unbranched alkanes of at least 4 members (excludes halogenated alkanes) is 3. The van der Waals surface area contributed by atoms with Crippen LogP contribution in [0.25, 0.3) is 0 Å². The van der Waals surface area contributed by atoms with Crippen LogP contribution in [0, 0.1) is 5.92 Å². The summed E-state index contributed by atoms with van der Waals surface area (Å²) in [5.41, 5.74) is 0. The van der Waals surface area contributed by atoms with Crippen LogP contribution in [0.3, 0.4) is 0 Å². The predicted octanol–water partition coefficient (Wildman–Crippen LogP) is 3.44. The number of ether oxygens (including phenoxy) is 2. The van der Waals surface area contributed by atoms with E-state index in [1.807, 2.05) is 13.8 Å². The maximum Gasteiger partial charge on any atom is 0.408 e. The Morgan fingerprint density at radius 3 is 2.48 bits per heavy atom. The highest BCUT2D eigenvalue weighted by Gasteiger charge is 2.27. The van der Waals surface area contributed by atoms with E-state index in [0.29, 0.717) is 6.61 Å². The Hall–Kier alpha value is -1.52. The Bertz CT molecular complexity index is 317. The maximum atomic E-state index is 12.1. The first-order chi connectivity index (χ1) is 10.1. The summed E-state index contributed by atoms with van der Waals surface area (Å²) in [5.74, 6) is -0.402. The van der Waals surface area contributed by atoms with Crippen molar-refractivity contribution in [1.82, 2.24) is 5.32 Å². The molecule has 0 saturated carbocycles. The Morgan fingerprint density at radius 1 is 1.19 bits per heavy atom. The number of hydrogen-bond acceptors (Lipinski definition) is 4. The molecular weight excluding hydrogens is 270 g/mol. The summed E-state index contributed by atoms with van der Waals surface area (Å²) in [6.45, 7) is 9.97. The van der Waals surface area contributed by atoms with E-state index < -0.39 is 18.1 Å². The molecule has 0 heterocycles. The SMILES string of the molecule is C=CCOC(=O)N[C@H](C(=O)OCCCCCC)C(C)CC. The van der Waals surface area contributed by atoms with Crippen LogP contribution in [0.4, 0.5) is 4.79 Å². The molecule has 0 spiro atoms. The lowest BCUT2D eigenvalue weighted by Gasteiger charge is -2.22. The lowest BCUT2D eigenvalue weighted by molar-refractivity contribution is -0.147. The van der Waals surface area contributed by atoms with Crippen LogP contribution in [0.5, 0.6) is 0 Å². The Kier molecular flexibility index (Phi) is 11.4. The van der Waals surface area contributed by atoms with Gasteiger partial charge in [0.05, 0.1) is 6.61 Å². The number of amides is 1. The highest BCUT2D eigenvalue weighted by atomic mass is 16.6. The Labute approximate surface area is 128 Å². The average molecular weight is 299 g/mol. The van der Waals surface area contributed by atoms with Gasteiger partial charge in [0.15, 0.2) is 0 Å². The highest BCUT2D eigenvalue weighted by Crippen LogP contribution is 2.10. The van der Waals surface area contributed by atoms with Crippen LogP contribution in [-0.2, 0) is 14.3 Å². The normalized spacial score (nSPS) is 13.1. The van der Waals surface area contributed by atoms with E-state index in [1.165, 1.54) is 6.08 Å². The minimum Gasteiger partial charge on any atom is -0.464 e. The summed E-state index contributed by atoms with van der Waals surface area (Å²) >= 11 is 0. The van der Waals surface area contributed by atoms with Gasteiger partial charge >= 0.3 is 12.1 Å². The van der Waals surface area contributed by atoms with Gasteiger partial charge in [0.2, 0.25) is 0 Å². The number of esters is 1. The van der Waals surface area contributed by atoms with Gasteiger partial charge in [0.25, 0.3) is 0 Å². The first kappa shape index (κ1) is 19.5. The topological polar surface area (TPSA) is 64.6 Å². The smallest absolute Gasteiger partial charge is 0.408 e. The van der Waals surface area contributed by atoms with Crippen LogP contribution in [0.15, 0.2) is 12.7 Å². The van der Waals surface area contributed by atoms with Crippen LogP contribution in [0.2, 0.25) is 0 Å². The molecule has 5 nitrogen and oxygen atoms in total. The van der Waals surface area contributed by atoms with Crippen molar-refractivity contribution in [3.63, 3.8) is 0 Å². The molecule has 0 aliphatic rings. The van der Waals surface area contributed by atoms with Gasteiger partial charge in [-0.05, 0) is 12.3 Å². The second-order valence-corrected chi connectivity index (χ2v) is 5.12. The molecule has 0 aromatic rings. The van der Waals surface area contributed by atoms with Crippen molar-refractivity contribution >= 4 is 12.1 Å². The zero-order valence-electron chi connectivity index (χ0n) is 13.5. The van der Waals surface area contributed by atoms with Crippen LogP contribution >= 0.6 is 0 Å². The van der Waals surface area contributed by atoms with Gasteiger partial charge in [-0.3, -0.25) is 0 Å². The van der Waals surface area contributed by atoms with Crippen molar-refractivity contribution in [2.45, 2.75) is 58.9 Å². The first-order valence-electron chi connectivity index (χ1n) is 7.77. The zero-order valence-corrected chi connectivity index (χ0v) is 13.5. The monoisotopic (exact) mass is 299 g/mol. The number of nitrogens with one attached hydrogen (secondary N) is 1. The van der Waals surface area contributed by atoms with Crippen molar-refractivity contribution in [2.24, 2.45) is 5.92 Å². The molecule has 0 aromatic carbocycles. The Morgan fingerprint density at radius 2 is 1.90 bits per heavy atom. The van der Waals surface area contributed by atoms with Gasteiger partial charge in [-0.25, -0.2) is 9.59 Å². The van der Waals surface area contributed by atoms with E-state index in [0.717, 1.165) is 32.1 Å². The van der Waals surface area contributed by atoms with E-state index in [-0.39, 0.29) is 12.5 Å². The minimum atomic E-state index is -0.668. The van der Waals surface area contributed by atoms with Gasteiger partial charge in [0, 0.05) is 0 Å². The molecule has 0 aromatic heterocycles. The van der Waals surface area contributed by atoms with E-state index in [1.54, 1.807) is 0 Å². The van der Waals surface area contributed by atoms with Crippen LogP contribution in [0.1, 0.15) is 52.9 Å². The van der Waals surface area contributed by atoms with Crippen LogP contribution in [-0.4, -0.2) is 31.3 Å². The standard InChI is InChI=1S/C16H29NO4/c1-5-8-9-10-12-20-15(18)14(13(4)7-3)17-16(19)21-11-6-2/h6,13-14H,2,5,7-12H2,1,3-4H3,(H,17,19)/t13?,14-/m0/s1. The fraction of sp³-hybridized carbons (Fsp3) is 0.750. The highest BCUT2D eigenvalue weighted by molar-refractivity contribution is 5.81. The maximum absolute atomic E-state index is 12.1. The molecule has 0 radical (unpaired) electrons. The molecule has 122 valence electrons. The summed E-state index contributed by atoms with van der Waals surface area (Å²) in [6, 6.07) is -0.668. The summed E-state index contributed by atoms with van der Waals surface area (Å²) in [6.07, 6.45) is 5.79. The third-order valence-electron chi connectivity index (χ3n) is 3.31. The molecule has 0 bridgehead atoms. The summed E-state index contributed by atoms with van der Waals surface area (Å²) < 4.78 is 10.1. The molecular formula is C16H29NO4. The van der Waals surface area contributed by atoms with Gasteiger partial charge < -0.3 is 14.8 Å². The van der Waals surface area contributed by atoms with Crippen molar-refractivity contribution in [3.05, 3.63) is 12.7 Å². The molecule has 0 saturated heterocycles. The largest absolute Gasteiger partial charge is 0.464 e. The van der Waals surface area contributed by atoms with Gasteiger partial charge in [0.1, 0.15) is 12.6 Å². The quantitative estimate of drug-likeness (QED) is 0.360. The summed E-state index contributed by atoms with van der Waals surface area (Å²) in [5, 5.41) is 2.57. The first-order valence-corrected chi connectivity index (χ1v) is 7.77. The second kappa shape index (κ2) is 12.2. The number of alkyl carbamates (subject to hydrolysis) is 1. The fourth-order valence-corrected chi connectivity index (χ4v) is 1.76. The zero-order chi connectivity index (χ0) is 16.1. The molecule has 0 fully saturated rings. The minimum absolute atomic E-state index is 0.00979. The van der Waals surface area contributed by atoms with E-state index in [2.05, 4.69) is 18.8 Å². The predicted molar refractivity (Wildman–Crippen MR) is 83.0 cm³/mol.